The van der Waals surface area contributed by atoms with E-state index < -0.39 is 0 Å². The van der Waals surface area contributed by atoms with Crippen molar-refractivity contribution >= 4 is 29.9 Å². The third kappa shape index (κ3) is 6.79. The molecule has 1 aromatic carbocycles. The Kier molecular flexibility index (Phi) is 10.5. The van der Waals surface area contributed by atoms with E-state index in [9.17, 15) is 0 Å². The Morgan fingerprint density at radius 1 is 1.06 bits per heavy atom. The zero-order valence-corrected chi connectivity index (χ0v) is 21.9. The van der Waals surface area contributed by atoms with Crippen molar-refractivity contribution in [2.24, 2.45) is 4.99 Å². The number of nitrogens with zero attached hydrogens (tertiary/aromatic N) is 4. The molecule has 0 saturated carbocycles. The summed E-state index contributed by atoms with van der Waals surface area (Å²) in [6.07, 6.45) is 3.76. The molecule has 3 unspecified atom stereocenters. The Hall–Kier alpha value is -0.940. The predicted octanol–water partition coefficient (Wildman–Crippen LogP) is 2.44. The molecule has 0 bridgehead atoms. The molecule has 3 atom stereocenters. The summed E-state index contributed by atoms with van der Waals surface area (Å²) in [5, 5.41) is 3.60. The summed E-state index contributed by atoms with van der Waals surface area (Å²) in [7, 11) is 4.11. The molecule has 0 amide bonds. The number of piperazine rings is 1. The summed E-state index contributed by atoms with van der Waals surface area (Å²) in [5.41, 5.74) is 1.42. The van der Waals surface area contributed by atoms with E-state index in [2.05, 4.69) is 62.4 Å². The van der Waals surface area contributed by atoms with Gasteiger partial charge >= 0.3 is 0 Å². The number of benzene rings is 1. The highest BCUT2D eigenvalue weighted by atomic mass is 127. The van der Waals surface area contributed by atoms with E-state index in [1.54, 1.807) is 0 Å². The molecule has 3 fully saturated rings. The average Bonchev–Trinajstić information content (AvgIpc) is 3.36. The van der Waals surface area contributed by atoms with Crippen LogP contribution in [0.4, 0.5) is 0 Å². The molecule has 180 valence electrons. The monoisotopic (exact) mass is 557 g/mol. The van der Waals surface area contributed by atoms with E-state index in [0.717, 1.165) is 84.2 Å². The quantitative estimate of drug-likeness (QED) is 0.251. The van der Waals surface area contributed by atoms with Crippen molar-refractivity contribution in [3.8, 4) is 0 Å². The summed E-state index contributed by atoms with van der Waals surface area (Å²) >= 11 is 0. The van der Waals surface area contributed by atoms with Crippen molar-refractivity contribution in [1.29, 1.82) is 0 Å². The van der Waals surface area contributed by atoms with Crippen LogP contribution in [-0.4, -0.2) is 106 Å². The topological polar surface area (TPSA) is 52.6 Å². The molecule has 0 aromatic heterocycles. The first-order valence-electron chi connectivity index (χ1n) is 11.9. The third-order valence-electron chi connectivity index (χ3n) is 6.77. The van der Waals surface area contributed by atoms with Crippen LogP contribution in [0.2, 0.25) is 0 Å². The third-order valence-corrected chi connectivity index (χ3v) is 6.77. The van der Waals surface area contributed by atoms with E-state index in [-0.39, 0.29) is 36.2 Å². The second-order valence-electron chi connectivity index (χ2n) is 8.96. The summed E-state index contributed by atoms with van der Waals surface area (Å²) in [4.78, 5) is 12.0. The SMILES string of the molecule is CN=C(NCCCN1CCN(C)CC1c1ccccc1)N1CCOC(C2CCCO2)C1.I. The van der Waals surface area contributed by atoms with Crippen LogP contribution < -0.4 is 5.32 Å². The second-order valence-corrected chi connectivity index (χ2v) is 8.96. The van der Waals surface area contributed by atoms with Gasteiger partial charge in [-0.2, -0.15) is 0 Å². The maximum Gasteiger partial charge on any atom is 0.193 e. The fourth-order valence-electron chi connectivity index (χ4n) is 5.02. The van der Waals surface area contributed by atoms with Crippen molar-refractivity contribution < 1.29 is 9.47 Å². The highest BCUT2D eigenvalue weighted by Gasteiger charge is 2.32. The number of hydrogen-bond acceptors (Lipinski definition) is 5. The van der Waals surface area contributed by atoms with E-state index >= 15 is 0 Å². The van der Waals surface area contributed by atoms with Gasteiger partial charge in [0.25, 0.3) is 0 Å². The van der Waals surface area contributed by atoms with Crippen LogP contribution in [0.15, 0.2) is 35.3 Å². The van der Waals surface area contributed by atoms with Crippen molar-refractivity contribution in [2.75, 3.05) is 73.1 Å². The molecular weight excluding hydrogens is 517 g/mol. The maximum absolute atomic E-state index is 5.99. The Morgan fingerprint density at radius 2 is 1.88 bits per heavy atom. The number of aliphatic imine (C=N–C) groups is 1. The fraction of sp³-hybridized carbons (Fsp3) is 0.708. The number of guanidine groups is 1. The number of hydrogen-bond donors (Lipinski definition) is 1. The lowest BCUT2D eigenvalue weighted by atomic mass is 10.0. The van der Waals surface area contributed by atoms with Gasteiger partial charge in [0.15, 0.2) is 5.96 Å². The standard InChI is InChI=1S/C24H39N5O2.HI/c1-25-24(29-15-17-31-23(19-29)22-10-6-16-30-22)26-11-7-12-28-14-13-27(2)18-21(28)20-8-4-3-5-9-20;/h3-5,8-9,21-23H,6-7,10-19H2,1-2H3,(H,25,26);1H. The molecule has 0 spiro atoms. The van der Waals surface area contributed by atoms with Gasteiger partial charge in [0.05, 0.1) is 12.7 Å². The predicted molar refractivity (Wildman–Crippen MR) is 140 cm³/mol. The Labute approximate surface area is 210 Å². The molecule has 0 radical (unpaired) electrons. The van der Waals surface area contributed by atoms with Gasteiger partial charge in [-0.25, -0.2) is 0 Å². The van der Waals surface area contributed by atoms with Crippen molar-refractivity contribution in [3.63, 3.8) is 0 Å². The van der Waals surface area contributed by atoms with Crippen LogP contribution in [0, 0.1) is 0 Å². The molecule has 3 heterocycles. The zero-order chi connectivity index (χ0) is 21.5. The van der Waals surface area contributed by atoms with Crippen LogP contribution in [0.5, 0.6) is 0 Å². The van der Waals surface area contributed by atoms with Gasteiger partial charge in [-0.05, 0) is 31.9 Å². The molecule has 3 saturated heterocycles. The van der Waals surface area contributed by atoms with E-state index in [0.29, 0.717) is 6.04 Å². The molecule has 3 aliphatic heterocycles. The van der Waals surface area contributed by atoms with Crippen LogP contribution in [0.3, 0.4) is 0 Å². The summed E-state index contributed by atoms with van der Waals surface area (Å²) < 4.78 is 11.8. The van der Waals surface area contributed by atoms with Gasteiger partial charge in [0, 0.05) is 65.5 Å². The smallest absolute Gasteiger partial charge is 0.193 e. The number of nitrogens with one attached hydrogen (secondary N) is 1. The van der Waals surface area contributed by atoms with Crippen LogP contribution in [0.25, 0.3) is 0 Å². The van der Waals surface area contributed by atoms with E-state index in [4.69, 9.17) is 9.47 Å². The lowest BCUT2D eigenvalue weighted by molar-refractivity contribution is -0.0816. The number of halogens is 1. The summed E-state index contributed by atoms with van der Waals surface area (Å²) in [6, 6.07) is 11.4. The molecule has 3 aliphatic rings. The van der Waals surface area contributed by atoms with Gasteiger partial charge < -0.3 is 24.6 Å². The fourth-order valence-corrected chi connectivity index (χ4v) is 5.02. The first-order valence-corrected chi connectivity index (χ1v) is 11.9. The largest absolute Gasteiger partial charge is 0.375 e. The van der Waals surface area contributed by atoms with E-state index in [1.165, 1.54) is 5.56 Å². The maximum atomic E-state index is 5.99. The molecule has 7 nitrogen and oxygen atoms in total. The number of rotatable bonds is 6. The molecule has 32 heavy (non-hydrogen) atoms. The minimum Gasteiger partial charge on any atom is -0.375 e. The van der Waals surface area contributed by atoms with Gasteiger partial charge in [0.1, 0.15) is 6.10 Å². The van der Waals surface area contributed by atoms with E-state index in [1.807, 2.05) is 7.05 Å². The average molecular weight is 558 g/mol. The lowest BCUT2D eigenvalue weighted by Crippen LogP contribution is -2.53. The second kappa shape index (κ2) is 13.1. The summed E-state index contributed by atoms with van der Waals surface area (Å²) in [5.74, 6) is 0.990. The molecule has 4 rings (SSSR count). The number of ether oxygens (including phenoxy) is 2. The van der Waals surface area contributed by atoms with Crippen molar-refractivity contribution in [1.82, 2.24) is 20.0 Å². The first-order chi connectivity index (χ1) is 15.2. The molecule has 0 aliphatic carbocycles. The Balaban J connectivity index is 0.00000289. The summed E-state index contributed by atoms with van der Waals surface area (Å²) in [6.45, 7) is 8.74. The van der Waals surface area contributed by atoms with Crippen LogP contribution in [0.1, 0.15) is 30.9 Å². The highest BCUT2D eigenvalue weighted by Crippen LogP contribution is 2.25. The lowest BCUT2D eigenvalue weighted by Gasteiger charge is -2.40. The van der Waals surface area contributed by atoms with Crippen LogP contribution in [-0.2, 0) is 9.47 Å². The van der Waals surface area contributed by atoms with Crippen molar-refractivity contribution in [2.45, 2.75) is 37.5 Å². The minimum absolute atomic E-state index is 0. The number of likely N-dealkylation sites (N-methyl/N-ethyl adjacent to an activating group) is 1. The first kappa shape index (κ1) is 25.7. The number of morpholine rings is 1. The van der Waals surface area contributed by atoms with Gasteiger partial charge in [-0.1, -0.05) is 30.3 Å². The Bertz CT molecular complexity index is 701. The van der Waals surface area contributed by atoms with Gasteiger partial charge in [0.2, 0.25) is 0 Å². The van der Waals surface area contributed by atoms with Gasteiger partial charge in [-0.3, -0.25) is 9.89 Å². The molecular formula is C24H40IN5O2. The van der Waals surface area contributed by atoms with Crippen LogP contribution >= 0.6 is 24.0 Å². The molecule has 1 aromatic rings. The van der Waals surface area contributed by atoms with Gasteiger partial charge in [-0.15, -0.1) is 24.0 Å². The zero-order valence-electron chi connectivity index (χ0n) is 19.6. The highest BCUT2D eigenvalue weighted by molar-refractivity contribution is 14.0. The normalized spacial score (nSPS) is 27.9. The molecule has 8 heteroatoms. The molecule has 1 N–H and O–H groups in total. The Morgan fingerprint density at radius 3 is 2.62 bits per heavy atom. The van der Waals surface area contributed by atoms with Crippen molar-refractivity contribution in [3.05, 3.63) is 35.9 Å². The minimum atomic E-state index is 0.